The number of likely N-dealkylation sites (tertiary alicyclic amines) is 1. The first kappa shape index (κ1) is 13.6. The predicted octanol–water partition coefficient (Wildman–Crippen LogP) is 2.29. The third kappa shape index (κ3) is 2.23. The highest BCUT2D eigenvalue weighted by molar-refractivity contribution is 5.69. The Hall–Kier alpha value is -1.39. The number of carbonyl (C=O) groups excluding carboxylic acids is 1. The maximum absolute atomic E-state index is 12.4. The zero-order valence-electron chi connectivity index (χ0n) is 12.0. The molecule has 3 N–H and O–H groups in total. The number of benzene rings is 1. The number of quaternary nitrogens is 1. The average molecular weight is 275 g/mol. The second kappa shape index (κ2) is 4.86. The highest BCUT2D eigenvalue weighted by Crippen LogP contribution is 2.33. The third-order valence-electron chi connectivity index (χ3n) is 4.99. The lowest BCUT2D eigenvalue weighted by atomic mass is 10.0. The summed E-state index contributed by atoms with van der Waals surface area (Å²) in [5, 5.41) is 10.5. The molecule has 3 rings (SSSR count). The number of hydroxylamine groups is 3. The molecule has 1 aromatic carbocycles. The number of nitrogen functional groups attached to an aromatic ring is 1. The molecule has 4 nitrogen and oxygen atoms in total. The van der Waals surface area contributed by atoms with Crippen molar-refractivity contribution in [3.63, 3.8) is 0 Å². The number of nitrogens with two attached hydrogens (primary N) is 1. The minimum absolute atomic E-state index is 0.0132. The number of amides is 1. The van der Waals surface area contributed by atoms with Gasteiger partial charge in [0.15, 0.2) is 0 Å². The minimum atomic E-state index is -0.352. The second-order valence-electron chi connectivity index (χ2n) is 6.44. The lowest BCUT2D eigenvalue weighted by Gasteiger charge is -2.27. The smallest absolute Gasteiger partial charge is 0.346 e. The summed E-state index contributed by atoms with van der Waals surface area (Å²) >= 11 is 0. The van der Waals surface area contributed by atoms with E-state index in [1.165, 1.54) is 11.1 Å². The van der Waals surface area contributed by atoms with Crippen molar-refractivity contribution in [2.24, 2.45) is 5.92 Å². The fourth-order valence-corrected chi connectivity index (χ4v) is 3.71. The highest BCUT2D eigenvalue weighted by Gasteiger charge is 2.46. The van der Waals surface area contributed by atoms with Gasteiger partial charge < -0.3 is 5.73 Å². The van der Waals surface area contributed by atoms with Crippen LogP contribution in [0.5, 0.6) is 0 Å². The van der Waals surface area contributed by atoms with Gasteiger partial charge >= 0.3 is 5.91 Å². The van der Waals surface area contributed by atoms with E-state index < -0.39 is 0 Å². The van der Waals surface area contributed by atoms with Crippen LogP contribution in [0.4, 0.5) is 5.69 Å². The first-order valence-corrected chi connectivity index (χ1v) is 7.50. The molecule has 1 aromatic rings. The van der Waals surface area contributed by atoms with Gasteiger partial charge in [-0.05, 0) is 48.9 Å². The molecule has 1 aliphatic carbocycles. The fraction of sp³-hybridized carbons (Fsp3) is 0.562. The van der Waals surface area contributed by atoms with Crippen molar-refractivity contribution < 1.29 is 14.6 Å². The van der Waals surface area contributed by atoms with Crippen LogP contribution in [0.2, 0.25) is 0 Å². The van der Waals surface area contributed by atoms with E-state index in [0.29, 0.717) is 18.9 Å². The minimum Gasteiger partial charge on any atom is -0.399 e. The van der Waals surface area contributed by atoms with E-state index >= 15 is 0 Å². The van der Waals surface area contributed by atoms with E-state index in [2.05, 4.69) is 6.07 Å². The topological polar surface area (TPSA) is 63.3 Å². The van der Waals surface area contributed by atoms with Crippen molar-refractivity contribution in [2.75, 3.05) is 12.3 Å². The maximum Gasteiger partial charge on any atom is 0.346 e. The lowest BCUT2D eigenvalue weighted by molar-refractivity contribution is -1.05. The molecule has 1 aliphatic heterocycles. The molecule has 0 aromatic heterocycles. The summed E-state index contributed by atoms with van der Waals surface area (Å²) < 4.78 is -0.352. The number of hydrogen-bond donors (Lipinski definition) is 2. The maximum atomic E-state index is 12.4. The van der Waals surface area contributed by atoms with Crippen LogP contribution in [-0.2, 0) is 17.6 Å². The zero-order chi connectivity index (χ0) is 14.3. The molecular formula is C16H23N2O2+. The Kier molecular flexibility index (Phi) is 3.30. The van der Waals surface area contributed by atoms with E-state index in [1.54, 1.807) is 0 Å². The first-order chi connectivity index (χ1) is 9.49. The Morgan fingerprint density at radius 1 is 1.40 bits per heavy atom. The zero-order valence-corrected chi connectivity index (χ0v) is 12.0. The van der Waals surface area contributed by atoms with Gasteiger partial charge in [-0.25, -0.2) is 10.0 Å². The van der Waals surface area contributed by atoms with Crippen molar-refractivity contribution in [3.8, 4) is 0 Å². The summed E-state index contributed by atoms with van der Waals surface area (Å²) in [6, 6.07) is 6.05. The van der Waals surface area contributed by atoms with Gasteiger partial charge in [-0.2, -0.15) is 0 Å². The van der Waals surface area contributed by atoms with Crippen molar-refractivity contribution in [3.05, 3.63) is 29.3 Å². The lowest BCUT2D eigenvalue weighted by Crippen LogP contribution is -2.52. The predicted molar refractivity (Wildman–Crippen MR) is 77.0 cm³/mol. The first-order valence-electron chi connectivity index (χ1n) is 7.50. The Morgan fingerprint density at radius 2 is 2.15 bits per heavy atom. The van der Waals surface area contributed by atoms with Crippen molar-refractivity contribution in [1.82, 2.24) is 0 Å². The van der Waals surface area contributed by atoms with Gasteiger partial charge in [0.2, 0.25) is 0 Å². The normalized spacial score (nSPS) is 32.3. The monoisotopic (exact) mass is 275 g/mol. The Balaban J connectivity index is 1.67. The Bertz CT molecular complexity index is 543. The molecule has 1 saturated heterocycles. The van der Waals surface area contributed by atoms with Crippen molar-refractivity contribution >= 4 is 11.6 Å². The highest BCUT2D eigenvalue weighted by atomic mass is 16.6. The summed E-state index contributed by atoms with van der Waals surface area (Å²) in [5.41, 5.74) is 9.16. The molecule has 0 spiro atoms. The van der Waals surface area contributed by atoms with Gasteiger partial charge in [-0.3, -0.25) is 0 Å². The van der Waals surface area contributed by atoms with Crippen LogP contribution < -0.4 is 5.73 Å². The molecule has 0 saturated carbocycles. The molecule has 4 heteroatoms. The fourth-order valence-electron chi connectivity index (χ4n) is 3.71. The van der Waals surface area contributed by atoms with Gasteiger partial charge in [0, 0.05) is 18.5 Å². The van der Waals surface area contributed by atoms with E-state index in [-0.39, 0.29) is 16.6 Å². The Labute approximate surface area is 119 Å². The van der Waals surface area contributed by atoms with Crippen LogP contribution in [0.25, 0.3) is 0 Å². The van der Waals surface area contributed by atoms with Crippen LogP contribution in [0, 0.1) is 5.92 Å². The standard InChI is InChI=1S/C16H23N2O2/c1-11-3-2-6-18(11,20)16(19)9-12-7-13-4-5-15(17)10-14(13)8-12/h4-5,10-12,20H,2-3,6-9,17H2,1H3/q+1/t11?,12-,18+/m1/s1. The average Bonchev–Trinajstić information content (AvgIpc) is 2.94. The molecule has 1 fully saturated rings. The van der Waals surface area contributed by atoms with Crippen LogP contribution >= 0.6 is 0 Å². The molecule has 3 atom stereocenters. The molecule has 1 unspecified atom stereocenters. The summed E-state index contributed by atoms with van der Waals surface area (Å²) in [7, 11) is 0. The number of anilines is 1. The molecule has 2 aliphatic rings. The van der Waals surface area contributed by atoms with Gasteiger partial charge in [0.1, 0.15) is 12.6 Å². The number of rotatable bonds is 2. The van der Waals surface area contributed by atoms with Crippen LogP contribution in [0.1, 0.15) is 37.3 Å². The number of hydrogen-bond acceptors (Lipinski definition) is 3. The number of carbonyl (C=O) groups is 1. The van der Waals surface area contributed by atoms with Crippen LogP contribution in [0.3, 0.4) is 0 Å². The van der Waals surface area contributed by atoms with E-state index in [9.17, 15) is 10.0 Å². The summed E-state index contributed by atoms with van der Waals surface area (Å²) in [4.78, 5) is 12.4. The van der Waals surface area contributed by atoms with Gasteiger partial charge in [0.05, 0.1) is 6.42 Å². The molecule has 0 bridgehead atoms. The van der Waals surface area contributed by atoms with E-state index in [0.717, 1.165) is 31.4 Å². The molecule has 0 radical (unpaired) electrons. The largest absolute Gasteiger partial charge is 0.399 e. The summed E-state index contributed by atoms with van der Waals surface area (Å²) in [6.07, 6.45) is 4.17. The van der Waals surface area contributed by atoms with Gasteiger partial charge in [0.25, 0.3) is 0 Å². The summed E-state index contributed by atoms with van der Waals surface area (Å²) in [5.74, 6) is 0.301. The van der Waals surface area contributed by atoms with Crippen molar-refractivity contribution in [2.45, 2.75) is 45.1 Å². The van der Waals surface area contributed by atoms with Crippen molar-refractivity contribution in [1.29, 1.82) is 0 Å². The van der Waals surface area contributed by atoms with E-state index in [1.807, 2.05) is 19.1 Å². The summed E-state index contributed by atoms with van der Waals surface area (Å²) in [6.45, 7) is 2.54. The molecule has 108 valence electrons. The van der Waals surface area contributed by atoms with E-state index in [4.69, 9.17) is 5.73 Å². The van der Waals surface area contributed by atoms with Gasteiger partial charge in [-0.15, -0.1) is 4.65 Å². The number of nitrogens with zero attached hydrogens (tertiary/aromatic N) is 1. The quantitative estimate of drug-likeness (QED) is 0.494. The van der Waals surface area contributed by atoms with Gasteiger partial charge in [-0.1, -0.05) is 6.07 Å². The van der Waals surface area contributed by atoms with Crippen LogP contribution in [-0.4, -0.2) is 28.3 Å². The molecule has 20 heavy (non-hydrogen) atoms. The molecule has 1 heterocycles. The van der Waals surface area contributed by atoms with Crippen LogP contribution in [0.15, 0.2) is 18.2 Å². The molecule has 1 amide bonds. The Morgan fingerprint density at radius 3 is 2.85 bits per heavy atom. The third-order valence-corrected chi connectivity index (χ3v) is 4.99. The number of fused-ring (bicyclic) bond motifs is 1. The molecular weight excluding hydrogens is 252 g/mol. The second-order valence-corrected chi connectivity index (χ2v) is 6.44. The SMILES string of the molecule is CC1CCC[N@@+]1(O)C(=O)C[C@@H]1Cc2ccc(N)cc2C1.